The zero-order valence-corrected chi connectivity index (χ0v) is 10.9. The maximum absolute atomic E-state index is 5.83. The molecule has 2 unspecified atom stereocenters. The number of rotatable bonds is 2. The maximum Gasteiger partial charge on any atom is 0.238 e. The van der Waals surface area contributed by atoms with Crippen molar-refractivity contribution in [3.05, 3.63) is 12.1 Å². The van der Waals surface area contributed by atoms with E-state index in [0.29, 0.717) is 17.6 Å². The van der Waals surface area contributed by atoms with E-state index in [1.54, 1.807) is 7.11 Å². The summed E-state index contributed by atoms with van der Waals surface area (Å²) in [6.07, 6.45) is 6.70. The zero-order chi connectivity index (χ0) is 12.5. The van der Waals surface area contributed by atoms with Gasteiger partial charge in [0.25, 0.3) is 0 Å². The number of methoxy groups -OCH3 is 1. The summed E-state index contributed by atoms with van der Waals surface area (Å²) in [6.45, 7) is 1.11. The number of hydrogen-bond donors (Lipinski definition) is 1. The van der Waals surface area contributed by atoms with Crippen molar-refractivity contribution in [3.63, 3.8) is 0 Å². The minimum Gasteiger partial charge on any atom is -0.479 e. The number of ether oxygens (including phenoxy) is 1. The fourth-order valence-corrected chi connectivity index (χ4v) is 3.50. The van der Waals surface area contributed by atoms with Crippen molar-refractivity contribution in [1.29, 1.82) is 0 Å². The van der Waals surface area contributed by atoms with Gasteiger partial charge in [0, 0.05) is 12.6 Å². The van der Waals surface area contributed by atoms with E-state index in [4.69, 9.17) is 10.5 Å². The second kappa shape index (κ2) is 4.67. The highest BCUT2D eigenvalue weighted by molar-refractivity contribution is 5.55. The third-order valence-electron chi connectivity index (χ3n) is 4.36. The monoisotopic (exact) mass is 247 g/mol. The van der Waals surface area contributed by atoms with E-state index in [1.165, 1.54) is 32.1 Å². The third-order valence-corrected chi connectivity index (χ3v) is 4.36. The van der Waals surface area contributed by atoms with Crippen LogP contribution in [0.5, 0.6) is 5.88 Å². The summed E-state index contributed by atoms with van der Waals surface area (Å²) >= 11 is 0. The van der Waals surface area contributed by atoms with E-state index >= 15 is 0 Å². The summed E-state index contributed by atoms with van der Waals surface area (Å²) in [4.78, 5) is 7.02. The number of pyridine rings is 1. The highest BCUT2D eigenvalue weighted by Crippen LogP contribution is 2.39. The molecule has 2 N–H and O–H groups in total. The molecule has 98 valence electrons. The van der Waals surface area contributed by atoms with Gasteiger partial charge in [0.2, 0.25) is 5.88 Å². The highest BCUT2D eigenvalue weighted by Gasteiger charge is 2.35. The Morgan fingerprint density at radius 2 is 2.11 bits per heavy atom. The third kappa shape index (κ3) is 1.89. The first-order valence-electron chi connectivity index (χ1n) is 6.87. The molecule has 1 aliphatic heterocycles. The van der Waals surface area contributed by atoms with Gasteiger partial charge >= 0.3 is 0 Å². The molecule has 18 heavy (non-hydrogen) atoms. The van der Waals surface area contributed by atoms with Crippen LogP contribution in [0, 0.1) is 5.92 Å². The number of nitrogen functional groups attached to an aromatic ring is 1. The van der Waals surface area contributed by atoms with Gasteiger partial charge in [0.15, 0.2) is 0 Å². The normalized spacial score (nSPS) is 27.1. The molecule has 0 spiro atoms. The van der Waals surface area contributed by atoms with Crippen molar-refractivity contribution < 1.29 is 4.74 Å². The minimum atomic E-state index is 0.549. The van der Waals surface area contributed by atoms with Crippen molar-refractivity contribution in [3.8, 4) is 5.88 Å². The summed E-state index contributed by atoms with van der Waals surface area (Å²) in [5.41, 5.74) is 6.44. The van der Waals surface area contributed by atoms with Crippen molar-refractivity contribution in [2.45, 2.75) is 38.1 Å². The lowest BCUT2D eigenvalue weighted by Gasteiger charge is -2.38. The van der Waals surface area contributed by atoms with Crippen molar-refractivity contribution in [1.82, 2.24) is 4.98 Å². The van der Waals surface area contributed by atoms with Crippen LogP contribution in [0.25, 0.3) is 0 Å². The molecule has 4 nitrogen and oxygen atoms in total. The Labute approximate surface area is 108 Å². The largest absolute Gasteiger partial charge is 0.479 e. The Balaban J connectivity index is 1.89. The van der Waals surface area contributed by atoms with Gasteiger partial charge < -0.3 is 15.4 Å². The van der Waals surface area contributed by atoms with Crippen molar-refractivity contribution in [2.24, 2.45) is 5.92 Å². The predicted molar refractivity (Wildman–Crippen MR) is 72.9 cm³/mol. The van der Waals surface area contributed by atoms with E-state index in [-0.39, 0.29) is 0 Å². The number of nitrogens with two attached hydrogens (primary N) is 1. The number of anilines is 2. The highest BCUT2D eigenvalue weighted by atomic mass is 16.5. The molecule has 1 aliphatic carbocycles. The van der Waals surface area contributed by atoms with Gasteiger partial charge in [0.05, 0.1) is 12.8 Å². The van der Waals surface area contributed by atoms with Crippen LogP contribution < -0.4 is 15.4 Å². The second-order valence-electron chi connectivity index (χ2n) is 5.36. The summed E-state index contributed by atoms with van der Waals surface area (Å²) in [7, 11) is 1.62. The van der Waals surface area contributed by atoms with Crippen LogP contribution in [0.15, 0.2) is 12.1 Å². The SMILES string of the molecule is COc1nc(N2CCCC3CCCC32)ccc1N. The van der Waals surface area contributed by atoms with E-state index in [2.05, 4.69) is 9.88 Å². The lowest BCUT2D eigenvalue weighted by atomic mass is 9.92. The average Bonchev–Trinajstić information content (AvgIpc) is 2.87. The molecule has 0 bridgehead atoms. The van der Waals surface area contributed by atoms with Gasteiger partial charge in [-0.05, 0) is 43.7 Å². The van der Waals surface area contributed by atoms with E-state index in [0.717, 1.165) is 18.3 Å². The van der Waals surface area contributed by atoms with Crippen LogP contribution >= 0.6 is 0 Å². The van der Waals surface area contributed by atoms with Crippen LogP contribution in [-0.2, 0) is 0 Å². The molecular weight excluding hydrogens is 226 g/mol. The minimum absolute atomic E-state index is 0.549. The van der Waals surface area contributed by atoms with Gasteiger partial charge in [-0.3, -0.25) is 0 Å². The number of aromatic nitrogens is 1. The van der Waals surface area contributed by atoms with Crippen molar-refractivity contribution >= 4 is 11.5 Å². The maximum atomic E-state index is 5.83. The summed E-state index contributed by atoms with van der Waals surface area (Å²) in [5, 5.41) is 0. The van der Waals surface area contributed by atoms with E-state index in [1.807, 2.05) is 12.1 Å². The molecular formula is C14H21N3O. The van der Waals surface area contributed by atoms with Crippen LogP contribution in [0.2, 0.25) is 0 Å². The van der Waals surface area contributed by atoms with Gasteiger partial charge in [-0.15, -0.1) is 0 Å². The van der Waals surface area contributed by atoms with Gasteiger partial charge in [-0.1, -0.05) is 6.42 Å². The molecule has 1 aromatic rings. The predicted octanol–water partition coefficient (Wildman–Crippen LogP) is 2.44. The van der Waals surface area contributed by atoms with Crippen LogP contribution in [0.4, 0.5) is 11.5 Å². The first-order valence-corrected chi connectivity index (χ1v) is 6.87. The Morgan fingerprint density at radius 1 is 1.28 bits per heavy atom. The van der Waals surface area contributed by atoms with E-state index in [9.17, 15) is 0 Å². The molecule has 0 amide bonds. The Kier molecular flexibility index (Phi) is 3.02. The summed E-state index contributed by atoms with van der Waals surface area (Å²) in [6, 6.07) is 4.61. The molecule has 2 fully saturated rings. The first-order chi connectivity index (χ1) is 8.79. The topological polar surface area (TPSA) is 51.4 Å². The molecule has 1 aromatic heterocycles. The molecule has 1 saturated carbocycles. The first kappa shape index (κ1) is 11.6. The van der Waals surface area contributed by atoms with E-state index < -0.39 is 0 Å². The summed E-state index contributed by atoms with van der Waals surface area (Å²) < 4.78 is 5.23. The molecule has 0 aromatic carbocycles. The summed E-state index contributed by atoms with van der Waals surface area (Å²) in [5.74, 6) is 2.44. The number of nitrogens with zero attached hydrogens (tertiary/aromatic N) is 2. The molecule has 2 atom stereocenters. The Bertz CT molecular complexity index is 435. The Morgan fingerprint density at radius 3 is 2.94 bits per heavy atom. The van der Waals surface area contributed by atoms with Gasteiger partial charge in [-0.25, -0.2) is 0 Å². The van der Waals surface area contributed by atoms with Crippen LogP contribution in [-0.4, -0.2) is 24.7 Å². The number of fused-ring (bicyclic) bond motifs is 1. The molecule has 0 radical (unpaired) electrons. The molecule has 3 rings (SSSR count). The molecule has 1 saturated heterocycles. The van der Waals surface area contributed by atoms with Gasteiger partial charge in [0.1, 0.15) is 5.82 Å². The average molecular weight is 247 g/mol. The molecule has 2 aliphatic rings. The fraction of sp³-hybridized carbons (Fsp3) is 0.643. The zero-order valence-electron chi connectivity index (χ0n) is 10.9. The van der Waals surface area contributed by atoms with Crippen LogP contribution in [0.3, 0.4) is 0 Å². The van der Waals surface area contributed by atoms with Gasteiger partial charge in [-0.2, -0.15) is 4.98 Å². The Hall–Kier alpha value is -1.45. The fourth-order valence-electron chi connectivity index (χ4n) is 3.50. The second-order valence-corrected chi connectivity index (χ2v) is 5.36. The number of piperidine rings is 1. The molecule has 4 heteroatoms. The van der Waals surface area contributed by atoms with Crippen molar-refractivity contribution in [2.75, 3.05) is 24.3 Å². The number of hydrogen-bond acceptors (Lipinski definition) is 4. The smallest absolute Gasteiger partial charge is 0.238 e. The van der Waals surface area contributed by atoms with Crippen LogP contribution in [0.1, 0.15) is 32.1 Å². The lowest BCUT2D eigenvalue weighted by Crippen LogP contribution is -2.43. The standard InChI is InChI=1S/C14H21N3O/c1-18-14-11(15)7-8-13(16-14)17-9-3-5-10-4-2-6-12(10)17/h7-8,10,12H,2-6,9,15H2,1H3. The lowest BCUT2D eigenvalue weighted by molar-refractivity contribution is 0.357. The quantitative estimate of drug-likeness (QED) is 0.872. The molecule has 2 heterocycles.